The Morgan fingerprint density at radius 2 is 2.33 bits per heavy atom. The molecule has 0 saturated carbocycles. The van der Waals surface area contributed by atoms with Crippen molar-refractivity contribution in [2.24, 2.45) is 5.73 Å². The van der Waals surface area contributed by atoms with Crippen molar-refractivity contribution in [2.45, 2.75) is 31.8 Å². The standard InChI is InChI=1S/C14H17N3O/c15-11-4-5-17-12(8-11)9-16-14(17)7-10-2-1-3-13(18)6-10/h1-3,6,9,11,18H,4-5,7-8,15H2. The van der Waals surface area contributed by atoms with Crippen LogP contribution in [0.15, 0.2) is 30.5 Å². The Morgan fingerprint density at radius 3 is 3.17 bits per heavy atom. The van der Waals surface area contributed by atoms with Crippen LogP contribution >= 0.6 is 0 Å². The van der Waals surface area contributed by atoms with Crippen LogP contribution in [0.2, 0.25) is 0 Å². The van der Waals surface area contributed by atoms with E-state index in [2.05, 4.69) is 9.55 Å². The monoisotopic (exact) mass is 243 g/mol. The van der Waals surface area contributed by atoms with Crippen molar-refractivity contribution in [1.82, 2.24) is 9.55 Å². The Balaban J connectivity index is 1.86. The number of fused-ring (bicyclic) bond motifs is 1. The maximum Gasteiger partial charge on any atom is 0.115 e. The van der Waals surface area contributed by atoms with E-state index in [1.807, 2.05) is 18.3 Å². The van der Waals surface area contributed by atoms with Crippen LogP contribution in [-0.4, -0.2) is 20.7 Å². The van der Waals surface area contributed by atoms with Crippen molar-refractivity contribution in [2.75, 3.05) is 0 Å². The fourth-order valence-electron chi connectivity index (χ4n) is 2.55. The van der Waals surface area contributed by atoms with Crippen molar-refractivity contribution >= 4 is 0 Å². The molecule has 0 amide bonds. The highest BCUT2D eigenvalue weighted by atomic mass is 16.3. The normalized spacial score (nSPS) is 18.6. The molecule has 18 heavy (non-hydrogen) atoms. The zero-order valence-electron chi connectivity index (χ0n) is 10.2. The van der Waals surface area contributed by atoms with Gasteiger partial charge in [0.2, 0.25) is 0 Å². The first kappa shape index (κ1) is 11.3. The number of nitrogens with zero attached hydrogens (tertiary/aromatic N) is 2. The van der Waals surface area contributed by atoms with Crippen LogP contribution in [-0.2, 0) is 19.4 Å². The second-order valence-corrected chi connectivity index (χ2v) is 4.92. The molecule has 0 fully saturated rings. The molecule has 94 valence electrons. The van der Waals surface area contributed by atoms with E-state index in [-0.39, 0.29) is 6.04 Å². The topological polar surface area (TPSA) is 64.1 Å². The maximum absolute atomic E-state index is 9.47. The van der Waals surface area contributed by atoms with E-state index in [1.54, 1.807) is 12.1 Å². The van der Waals surface area contributed by atoms with Gasteiger partial charge in [-0.05, 0) is 24.1 Å². The van der Waals surface area contributed by atoms with Gasteiger partial charge >= 0.3 is 0 Å². The van der Waals surface area contributed by atoms with E-state index in [1.165, 1.54) is 5.69 Å². The highest BCUT2D eigenvalue weighted by molar-refractivity contribution is 5.29. The zero-order chi connectivity index (χ0) is 12.5. The molecule has 0 saturated heterocycles. The number of phenols is 1. The third-order valence-electron chi connectivity index (χ3n) is 3.49. The van der Waals surface area contributed by atoms with Crippen molar-refractivity contribution in [3.8, 4) is 5.75 Å². The van der Waals surface area contributed by atoms with Gasteiger partial charge in [-0.25, -0.2) is 4.98 Å². The lowest BCUT2D eigenvalue weighted by atomic mass is 10.1. The first-order valence-electron chi connectivity index (χ1n) is 6.29. The molecule has 1 aromatic carbocycles. The SMILES string of the molecule is NC1CCn2c(cnc2Cc2cccc(O)c2)C1. The van der Waals surface area contributed by atoms with Crippen LogP contribution < -0.4 is 5.73 Å². The van der Waals surface area contributed by atoms with Crippen molar-refractivity contribution in [3.63, 3.8) is 0 Å². The third kappa shape index (κ3) is 2.11. The predicted octanol–water partition coefficient (Wildman–Crippen LogP) is 1.45. The number of rotatable bonds is 2. The largest absolute Gasteiger partial charge is 0.508 e. The summed E-state index contributed by atoms with van der Waals surface area (Å²) in [5.74, 6) is 1.36. The zero-order valence-corrected chi connectivity index (χ0v) is 10.2. The van der Waals surface area contributed by atoms with Crippen LogP contribution in [0.1, 0.15) is 23.5 Å². The number of imidazole rings is 1. The van der Waals surface area contributed by atoms with Crippen LogP contribution in [0.3, 0.4) is 0 Å². The van der Waals surface area contributed by atoms with Crippen molar-refractivity contribution in [3.05, 3.63) is 47.5 Å². The van der Waals surface area contributed by atoms with E-state index in [0.717, 1.165) is 37.2 Å². The minimum atomic E-state index is 0.266. The van der Waals surface area contributed by atoms with Gasteiger partial charge in [-0.1, -0.05) is 12.1 Å². The van der Waals surface area contributed by atoms with E-state index < -0.39 is 0 Å². The molecule has 0 radical (unpaired) electrons. The van der Waals surface area contributed by atoms with Gasteiger partial charge < -0.3 is 15.4 Å². The molecular weight excluding hydrogens is 226 g/mol. The molecule has 0 bridgehead atoms. The van der Waals surface area contributed by atoms with E-state index in [4.69, 9.17) is 5.73 Å². The first-order valence-corrected chi connectivity index (χ1v) is 6.29. The highest BCUT2D eigenvalue weighted by Crippen LogP contribution is 2.19. The summed E-state index contributed by atoms with van der Waals surface area (Å²) >= 11 is 0. The van der Waals surface area contributed by atoms with Crippen LogP contribution in [0, 0.1) is 0 Å². The summed E-state index contributed by atoms with van der Waals surface area (Å²) in [4.78, 5) is 4.48. The smallest absolute Gasteiger partial charge is 0.115 e. The molecule has 3 rings (SSSR count). The fraction of sp³-hybridized carbons (Fsp3) is 0.357. The summed E-state index contributed by atoms with van der Waals surface area (Å²) in [6.45, 7) is 0.949. The lowest BCUT2D eigenvalue weighted by Crippen LogP contribution is -2.31. The van der Waals surface area contributed by atoms with Gasteiger partial charge in [0.05, 0.1) is 0 Å². The molecule has 1 aliphatic heterocycles. The molecule has 0 aliphatic carbocycles. The molecule has 4 nitrogen and oxygen atoms in total. The number of aromatic hydroxyl groups is 1. The second kappa shape index (κ2) is 4.46. The van der Waals surface area contributed by atoms with E-state index in [9.17, 15) is 5.11 Å². The third-order valence-corrected chi connectivity index (χ3v) is 3.49. The maximum atomic E-state index is 9.47. The average molecular weight is 243 g/mol. The summed E-state index contributed by atoms with van der Waals surface area (Å²) in [6.07, 6.45) is 4.60. The van der Waals surface area contributed by atoms with Gasteiger partial charge in [-0.2, -0.15) is 0 Å². The second-order valence-electron chi connectivity index (χ2n) is 4.92. The molecule has 4 heteroatoms. The Kier molecular flexibility index (Phi) is 2.80. The van der Waals surface area contributed by atoms with E-state index >= 15 is 0 Å². The van der Waals surface area contributed by atoms with Crippen LogP contribution in [0.25, 0.3) is 0 Å². The summed E-state index contributed by atoms with van der Waals surface area (Å²) in [6, 6.07) is 7.61. The molecule has 1 unspecified atom stereocenters. The molecule has 2 heterocycles. The Morgan fingerprint density at radius 1 is 1.44 bits per heavy atom. The molecule has 0 spiro atoms. The quantitative estimate of drug-likeness (QED) is 0.839. The minimum Gasteiger partial charge on any atom is -0.508 e. The summed E-state index contributed by atoms with van der Waals surface area (Å²) in [5.41, 5.74) is 8.26. The van der Waals surface area contributed by atoms with Gasteiger partial charge in [-0.3, -0.25) is 0 Å². The van der Waals surface area contributed by atoms with Crippen molar-refractivity contribution in [1.29, 1.82) is 0 Å². The number of hydrogen-bond donors (Lipinski definition) is 2. The first-order chi connectivity index (χ1) is 8.72. The van der Waals surface area contributed by atoms with Crippen LogP contribution in [0.5, 0.6) is 5.75 Å². The average Bonchev–Trinajstić information content (AvgIpc) is 2.72. The lowest BCUT2D eigenvalue weighted by molar-refractivity contribution is 0.462. The summed E-state index contributed by atoms with van der Waals surface area (Å²) < 4.78 is 2.26. The van der Waals surface area contributed by atoms with E-state index in [0.29, 0.717) is 5.75 Å². The molecular formula is C14H17N3O. The molecule has 1 atom stereocenters. The number of benzene rings is 1. The minimum absolute atomic E-state index is 0.266. The van der Waals surface area contributed by atoms with Crippen LogP contribution in [0.4, 0.5) is 0 Å². The number of phenolic OH excluding ortho intramolecular Hbond substituents is 1. The molecule has 2 aromatic rings. The lowest BCUT2D eigenvalue weighted by Gasteiger charge is -2.21. The Hall–Kier alpha value is -1.81. The number of aromatic nitrogens is 2. The highest BCUT2D eigenvalue weighted by Gasteiger charge is 2.18. The molecule has 1 aromatic heterocycles. The molecule has 1 aliphatic rings. The van der Waals surface area contributed by atoms with Gasteiger partial charge in [-0.15, -0.1) is 0 Å². The fourth-order valence-corrected chi connectivity index (χ4v) is 2.55. The van der Waals surface area contributed by atoms with Gasteiger partial charge in [0, 0.05) is 37.3 Å². The Bertz CT molecular complexity index is 562. The summed E-state index contributed by atoms with van der Waals surface area (Å²) in [7, 11) is 0. The Labute approximate surface area is 106 Å². The number of nitrogens with two attached hydrogens (primary N) is 1. The van der Waals surface area contributed by atoms with Gasteiger partial charge in [0.15, 0.2) is 0 Å². The predicted molar refractivity (Wildman–Crippen MR) is 69.4 cm³/mol. The number of hydrogen-bond acceptors (Lipinski definition) is 3. The van der Waals surface area contributed by atoms with Crippen molar-refractivity contribution < 1.29 is 5.11 Å². The summed E-state index contributed by atoms with van der Waals surface area (Å²) in [5, 5.41) is 9.47. The molecule has 3 N–H and O–H groups in total. The van der Waals surface area contributed by atoms with Gasteiger partial charge in [0.1, 0.15) is 11.6 Å². The van der Waals surface area contributed by atoms with Gasteiger partial charge in [0.25, 0.3) is 0 Å².